The lowest BCUT2D eigenvalue weighted by Crippen LogP contribution is -2.53. The first-order valence-electron chi connectivity index (χ1n) is 7.45. The summed E-state index contributed by atoms with van der Waals surface area (Å²) in [7, 11) is 1.67. The fourth-order valence-electron chi connectivity index (χ4n) is 3.93. The third-order valence-corrected chi connectivity index (χ3v) is 5.71. The molecule has 0 heterocycles. The van der Waals surface area contributed by atoms with E-state index in [9.17, 15) is 10.2 Å². The Morgan fingerprint density at radius 3 is 2.63 bits per heavy atom. The quantitative estimate of drug-likeness (QED) is 0.757. The fourth-order valence-corrected chi connectivity index (χ4v) is 3.93. The van der Waals surface area contributed by atoms with Crippen LogP contribution in [0.1, 0.15) is 52.9 Å². The predicted molar refractivity (Wildman–Crippen MR) is 75.6 cm³/mol. The maximum absolute atomic E-state index is 10.8. The molecule has 110 valence electrons. The molecule has 19 heavy (non-hydrogen) atoms. The van der Waals surface area contributed by atoms with Gasteiger partial charge in [-0.15, -0.1) is 0 Å². The zero-order chi connectivity index (χ0) is 14.3. The van der Waals surface area contributed by atoms with E-state index in [-0.39, 0.29) is 23.4 Å². The summed E-state index contributed by atoms with van der Waals surface area (Å²) in [5, 5.41) is 21.2. The van der Waals surface area contributed by atoms with Crippen LogP contribution in [0.2, 0.25) is 0 Å². The monoisotopic (exact) mass is 268 g/mol. The van der Waals surface area contributed by atoms with Gasteiger partial charge in [0.1, 0.15) is 0 Å². The third-order valence-electron chi connectivity index (χ3n) is 5.71. The molecule has 0 amide bonds. The van der Waals surface area contributed by atoms with E-state index in [4.69, 9.17) is 4.74 Å². The number of fused-ring (bicyclic) bond motifs is 1. The summed E-state index contributed by atoms with van der Waals surface area (Å²) >= 11 is 0. The minimum Gasteiger partial charge on any atom is -0.504 e. The van der Waals surface area contributed by atoms with Crippen LogP contribution in [0, 0.1) is 17.3 Å². The molecular formula is C16H28O3. The zero-order valence-corrected chi connectivity index (χ0v) is 12.6. The highest BCUT2D eigenvalue weighted by molar-refractivity contribution is 5.18. The summed E-state index contributed by atoms with van der Waals surface area (Å²) in [6.45, 7) is 6.34. The Balaban J connectivity index is 2.31. The van der Waals surface area contributed by atoms with E-state index in [2.05, 4.69) is 20.8 Å². The molecule has 2 saturated carbocycles. The van der Waals surface area contributed by atoms with Crippen LogP contribution in [-0.4, -0.2) is 29.0 Å². The smallest absolute Gasteiger partial charge is 0.0819 e. The molecule has 2 rings (SSSR count). The fraction of sp³-hybridized carbons (Fsp3) is 0.875. The minimum absolute atomic E-state index is 0.107. The summed E-state index contributed by atoms with van der Waals surface area (Å²) < 4.78 is 5.21. The molecule has 2 N–H and O–H groups in total. The van der Waals surface area contributed by atoms with Crippen molar-refractivity contribution in [2.24, 2.45) is 17.3 Å². The number of hydrogen-bond acceptors (Lipinski definition) is 3. The Morgan fingerprint density at radius 2 is 2.05 bits per heavy atom. The van der Waals surface area contributed by atoms with Gasteiger partial charge in [0.15, 0.2) is 0 Å². The van der Waals surface area contributed by atoms with Gasteiger partial charge in [-0.25, -0.2) is 0 Å². The van der Waals surface area contributed by atoms with Gasteiger partial charge in [0, 0.05) is 5.41 Å². The van der Waals surface area contributed by atoms with E-state index >= 15 is 0 Å². The average molecular weight is 268 g/mol. The van der Waals surface area contributed by atoms with E-state index in [1.54, 1.807) is 7.11 Å². The minimum atomic E-state index is -0.603. The first-order valence-corrected chi connectivity index (χ1v) is 7.45. The molecule has 0 bridgehead atoms. The van der Waals surface area contributed by atoms with Crippen molar-refractivity contribution in [3.63, 3.8) is 0 Å². The van der Waals surface area contributed by atoms with Crippen molar-refractivity contribution < 1.29 is 14.9 Å². The van der Waals surface area contributed by atoms with Gasteiger partial charge in [0.2, 0.25) is 0 Å². The normalized spacial score (nSPS) is 45.3. The van der Waals surface area contributed by atoms with Crippen LogP contribution in [-0.2, 0) is 4.74 Å². The summed E-state index contributed by atoms with van der Waals surface area (Å²) in [6, 6.07) is 0. The first-order chi connectivity index (χ1) is 8.83. The van der Waals surface area contributed by atoms with Crippen LogP contribution >= 0.6 is 0 Å². The maximum atomic E-state index is 10.8. The van der Waals surface area contributed by atoms with Crippen LogP contribution in [0.25, 0.3) is 0 Å². The molecule has 3 heteroatoms. The van der Waals surface area contributed by atoms with Gasteiger partial charge in [-0.05, 0) is 49.5 Å². The van der Waals surface area contributed by atoms with E-state index in [0.29, 0.717) is 0 Å². The van der Waals surface area contributed by atoms with Crippen LogP contribution in [0.5, 0.6) is 0 Å². The summed E-state index contributed by atoms with van der Waals surface area (Å²) in [4.78, 5) is 0. The molecule has 4 atom stereocenters. The highest BCUT2D eigenvalue weighted by Crippen LogP contribution is 2.56. The number of rotatable bonds is 2. The van der Waals surface area contributed by atoms with Crippen molar-refractivity contribution in [2.45, 2.75) is 64.6 Å². The topological polar surface area (TPSA) is 49.7 Å². The first kappa shape index (κ1) is 14.9. The van der Waals surface area contributed by atoms with E-state index in [1.165, 1.54) is 5.57 Å². The van der Waals surface area contributed by atoms with E-state index in [0.717, 1.165) is 32.1 Å². The number of allylic oxidation sites excluding steroid dienone is 1. The number of aliphatic hydroxyl groups is 2. The average Bonchev–Trinajstić information content (AvgIpc) is 2.36. The Hall–Kier alpha value is -0.540. The molecule has 0 aromatic rings. The summed E-state index contributed by atoms with van der Waals surface area (Å²) in [6.07, 6.45) is 5.67. The van der Waals surface area contributed by atoms with Crippen molar-refractivity contribution in [1.82, 2.24) is 0 Å². The number of hydrogen-bond donors (Lipinski definition) is 2. The van der Waals surface area contributed by atoms with Gasteiger partial charge in [-0.3, -0.25) is 0 Å². The lowest BCUT2D eigenvalue weighted by molar-refractivity contribution is -0.128. The molecule has 0 spiro atoms. The second kappa shape index (κ2) is 5.10. The number of aliphatic hydroxyl groups excluding tert-OH is 1. The Morgan fingerprint density at radius 1 is 1.37 bits per heavy atom. The number of methoxy groups -OCH3 is 1. The van der Waals surface area contributed by atoms with Crippen molar-refractivity contribution in [3.8, 4) is 0 Å². The highest BCUT2D eigenvalue weighted by Gasteiger charge is 2.53. The van der Waals surface area contributed by atoms with E-state index < -0.39 is 5.60 Å². The Labute approximate surface area is 116 Å². The molecule has 0 aromatic carbocycles. The van der Waals surface area contributed by atoms with Gasteiger partial charge < -0.3 is 14.9 Å². The standard InChI is InChI=1S/C16H28O3/c1-11(2)16(18)8-7-15(3)13(9-16)12(10-19-4)5-6-14(15)17/h10-11,13-14,17-18H,5-9H2,1-4H3/b12-10+/t13-,14+,15+,16-/m0/s1. The van der Waals surface area contributed by atoms with Crippen molar-refractivity contribution in [2.75, 3.05) is 7.11 Å². The van der Waals surface area contributed by atoms with Gasteiger partial charge in [-0.2, -0.15) is 0 Å². The molecule has 0 saturated heterocycles. The molecule has 0 radical (unpaired) electrons. The molecule has 3 nitrogen and oxygen atoms in total. The second-order valence-electron chi connectivity index (χ2n) is 7.00. The Kier molecular flexibility index (Phi) is 3.99. The molecule has 2 aliphatic rings. The maximum Gasteiger partial charge on any atom is 0.0819 e. The van der Waals surface area contributed by atoms with Crippen molar-refractivity contribution >= 4 is 0 Å². The van der Waals surface area contributed by atoms with Gasteiger partial charge in [0.25, 0.3) is 0 Å². The summed E-state index contributed by atoms with van der Waals surface area (Å²) in [5.41, 5.74) is 0.548. The molecule has 2 aliphatic carbocycles. The van der Waals surface area contributed by atoms with Crippen LogP contribution < -0.4 is 0 Å². The second-order valence-corrected chi connectivity index (χ2v) is 7.00. The summed E-state index contributed by atoms with van der Waals surface area (Å²) in [5.74, 6) is 0.484. The van der Waals surface area contributed by atoms with Gasteiger partial charge in [-0.1, -0.05) is 20.8 Å². The molecule has 0 aliphatic heterocycles. The van der Waals surface area contributed by atoms with Crippen molar-refractivity contribution in [3.05, 3.63) is 11.8 Å². The molecular weight excluding hydrogens is 240 g/mol. The zero-order valence-electron chi connectivity index (χ0n) is 12.6. The van der Waals surface area contributed by atoms with Crippen LogP contribution in [0.4, 0.5) is 0 Å². The molecule has 0 unspecified atom stereocenters. The lowest BCUT2D eigenvalue weighted by atomic mass is 9.53. The lowest BCUT2D eigenvalue weighted by Gasteiger charge is -2.54. The molecule has 0 aromatic heterocycles. The Bertz CT molecular complexity index is 363. The number of ether oxygens (including phenoxy) is 1. The molecule has 2 fully saturated rings. The largest absolute Gasteiger partial charge is 0.504 e. The van der Waals surface area contributed by atoms with Crippen molar-refractivity contribution in [1.29, 1.82) is 0 Å². The SMILES string of the molecule is CO/C=C1\CC[C@@H](O)[C@]2(C)CC[C@@](O)(C(C)C)C[C@@H]12. The van der Waals surface area contributed by atoms with Gasteiger partial charge in [0.05, 0.1) is 25.1 Å². The third kappa shape index (κ3) is 2.43. The predicted octanol–water partition coefficient (Wildman–Crippen LogP) is 2.86. The van der Waals surface area contributed by atoms with Crippen LogP contribution in [0.15, 0.2) is 11.8 Å². The highest BCUT2D eigenvalue weighted by atomic mass is 16.5. The van der Waals surface area contributed by atoms with Gasteiger partial charge >= 0.3 is 0 Å². The van der Waals surface area contributed by atoms with E-state index in [1.807, 2.05) is 6.26 Å². The van der Waals surface area contributed by atoms with Crippen LogP contribution in [0.3, 0.4) is 0 Å².